The quantitative estimate of drug-likeness (QED) is 0.546. The van der Waals surface area contributed by atoms with Gasteiger partial charge in [0.25, 0.3) is 5.89 Å². The van der Waals surface area contributed by atoms with Crippen molar-refractivity contribution in [1.82, 2.24) is 10.1 Å². The Labute approximate surface area is 156 Å². The summed E-state index contributed by atoms with van der Waals surface area (Å²) in [7, 11) is 0. The zero-order valence-corrected chi connectivity index (χ0v) is 14.9. The topological polar surface area (TPSA) is 38.9 Å². The van der Waals surface area contributed by atoms with Crippen LogP contribution >= 0.6 is 11.6 Å². The molecule has 0 aliphatic heterocycles. The van der Waals surface area contributed by atoms with Gasteiger partial charge < -0.3 is 4.52 Å². The van der Waals surface area contributed by atoms with Gasteiger partial charge in [0.2, 0.25) is 5.82 Å². The average Bonchev–Trinajstić information content (AvgIpc) is 3.11. The third-order valence-corrected chi connectivity index (χ3v) is 5.07. The van der Waals surface area contributed by atoms with Gasteiger partial charge in [-0.3, -0.25) is 0 Å². The Hall–Kier alpha value is -2.46. The third kappa shape index (κ3) is 3.86. The highest BCUT2D eigenvalue weighted by atomic mass is 35.5. The molecule has 132 valence electrons. The summed E-state index contributed by atoms with van der Waals surface area (Å²) in [5, 5.41) is 4.71. The predicted molar refractivity (Wildman–Crippen MR) is 100 cm³/mol. The van der Waals surface area contributed by atoms with Crippen LogP contribution in [0.3, 0.4) is 0 Å². The second-order valence-corrected chi connectivity index (χ2v) is 7.03. The largest absolute Gasteiger partial charge is 0.334 e. The molecule has 0 spiro atoms. The summed E-state index contributed by atoms with van der Waals surface area (Å²) in [5.41, 5.74) is 3.26. The van der Waals surface area contributed by atoms with Crippen LogP contribution in [0.15, 0.2) is 58.6 Å². The molecule has 0 radical (unpaired) electrons. The van der Waals surface area contributed by atoms with E-state index in [1.54, 1.807) is 24.3 Å². The highest BCUT2D eigenvalue weighted by Gasteiger charge is 2.19. The van der Waals surface area contributed by atoms with Crippen LogP contribution in [-0.2, 0) is 0 Å². The van der Waals surface area contributed by atoms with Crippen LogP contribution < -0.4 is 0 Å². The summed E-state index contributed by atoms with van der Waals surface area (Å²) in [4.78, 5) is 4.45. The van der Waals surface area contributed by atoms with E-state index in [-0.39, 0.29) is 5.82 Å². The molecule has 1 aliphatic rings. The lowest BCUT2D eigenvalue weighted by Gasteiger charge is -2.24. The standard InChI is InChI=1S/C21H18ClFN2O/c22-18-10-8-16(9-11-18)21-24-20(26-25-21)12-14-4-6-15(7-5-14)17-2-1-3-19(23)13-17/h1-3,8-13,15H,4-7H2. The summed E-state index contributed by atoms with van der Waals surface area (Å²) >= 11 is 5.90. The summed E-state index contributed by atoms with van der Waals surface area (Å²) < 4.78 is 18.8. The highest BCUT2D eigenvalue weighted by molar-refractivity contribution is 6.30. The Morgan fingerprint density at radius 1 is 1.08 bits per heavy atom. The smallest absolute Gasteiger partial charge is 0.250 e. The Morgan fingerprint density at radius 2 is 1.85 bits per heavy atom. The van der Waals surface area contributed by atoms with Gasteiger partial charge in [-0.15, -0.1) is 0 Å². The molecule has 1 aliphatic carbocycles. The first-order valence-electron chi connectivity index (χ1n) is 8.72. The first-order valence-corrected chi connectivity index (χ1v) is 9.10. The minimum atomic E-state index is -0.163. The van der Waals surface area contributed by atoms with Crippen molar-refractivity contribution in [3.05, 3.63) is 76.4 Å². The van der Waals surface area contributed by atoms with Crippen molar-refractivity contribution in [2.75, 3.05) is 0 Å². The van der Waals surface area contributed by atoms with Gasteiger partial charge >= 0.3 is 0 Å². The number of rotatable bonds is 3. The van der Waals surface area contributed by atoms with E-state index in [0.717, 1.165) is 36.8 Å². The number of nitrogens with zero attached hydrogens (tertiary/aromatic N) is 2. The van der Waals surface area contributed by atoms with Gasteiger partial charge in [-0.05, 0) is 73.6 Å². The lowest BCUT2D eigenvalue weighted by Crippen LogP contribution is -2.06. The van der Waals surface area contributed by atoms with Crippen molar-refractivity contribution in [2.24, 2.45) is 0 Å². The van der Waals surface area contributed by atoms with Crippen molar-refractivity contribution < 1.29 is 8.91 Å². The average molecular weight is 369 g/mol. The van der Waals surface area contributed by atoms with E-state index in [1.807, 2.05) is 24.3 Å². The number of benzene rings is 2. The van der Waals surface area contributed by atoms with Gasteiger partial charge in [0.1, 0.15) is 5.82 Å². The lowest BCUT2D eigenvalue weighted by molar-refractivity contribution is 0.410. The molecule has 1 heterocycles. The molecule has 3 nitrogen and oxygen atoms in total. The van der Waals surface area contributed by atoms with E-state index >= 15 is 0 Å². The molecule has 0 bridgehead atoms. The molecule has 1 saturated carbocycles. The van der Waals surface area contributed by atoms with Crippen LogP contribution in [0.4, 0.5) is 4.39 Å². The normalized spacial score (nSPS) is 17.3. The second-order valence-electron chi connectivity index (χ2n) is 6.59. The Bertz CT molecular complexity index is 923. The molecule has 26 heavy (non-hydrogen) atoms. The van der Waals surface area contributed by atoms with E-state index in [0.29, 0.717) is 22.7 Å². The maximum atomic E-state index is 13.4. The van der Waals surface area contributed by atoms with Crippen LogP contribution in [0.2, 0.25) is 5.02 Å². The minimum absolute atomic E-state index is 0.163. The van der Waals surface area contributed by atoms with Gasteiger partial charge in [-0.25, -0.2) is 4.39 Å². The molecule has 0 N–H and O–H groups in total. The molecule has 1 aromatic heterocycles. The van der Waals surface area contributed by atoms with Gasteiger partial charge in [-0.1, -0.05) is 34.5 Å². The van der Waals surface area contributed by atoms with Gasteiger partial charge in [-0.2, -0.15) is 4.98 Å². The molecule has 3 aromatic rings. The summed E-state index contributed by atoms with van der Waals surface area (Å²) in [5.74, 6) is 1.33. The summed E-state index contributed by atoms with van der Waals surface area (Å²) in [6, 6.07) is 14.3. The van der Waals surface area contributed by atoms with Crippen molar-refractivity contribution in [3.8, 4) is 11.4 Å². The summed E-state index contributed by atoms with van der Waals surface area (Å²) in [6.45, 7) is 0. The maximum absolute atomic E-state index is 13.4. The number of hydrogen-bond acceptors (Lipinski definition) is 3. The van der Waals surface area contributed by atoms with Crippen molar-refractivity contribution >= 4 is 17.7 Å². The minimum Gasteiger partial charge on any atom is -0.334 e. The van der Waals surface area contributed by atoms with E-state index in [2.05, 4.69) is 10.1 Å². The van der Waals surface area contributed by atoms with Crippen LogP contribution in [0.1, 0.15) is 43.1 Å². The van der Waals surface area contributed by atoms with E-state index in [9.17, 15) is 4.39 Å². The molecule has 5 heteroatoms. The third-order valence-electron chi connectivity index (χ3n) is 4.82. The summed E-state index contributed by atoms with van der Waals surface area (Å²) in [6.07, 6.45) is 5.91. The SMILES string of the molecule is Fc1cccc(C2CCC(=Cc3nc(-c4ccc(Cl)cc4)no3)CC2)c1. The second kappa shape index (κ2) is 7.42. The zero-order chi connectivity index (χ0) is 17.9. The molecule has 1 fully saturated rings. The van der Waals surface area contributed by atoms with E-state index in [1.165, 1.54) is 11.6 Å². The zero-order valence-electron chi connectivity index (χ0n) is 14.2. The lowest BCUT2D eigenvalue weighted by atomic mass is 9.81. The molecule has 0 atom stereocenters. The van der Waals surface area contributed by atoms with Crippen molar-refractivity contribution in [2.45, 2.75) is 31.6 Å². The number of aromatic nitrogens is 2. The predicted octanol–water partition coefficient (Wildman–Crippen LogP) is 6.27. The molecular weight excluding hydrogens is 351 g/mol. The molecule has 0 saturated heterocycles. The fraction of sp³-hybridized carbons (Fsp3) is 0.238. The molecule has 4 rings (SSSR count). The van der Waals surface area contributed by atoms with Gasteiger partial charge in [0.15, 0.2) is 0 Å². The Morgan fingerprint density at radius 3 is 2.58 bits per heavy atom. The molecule has 0 amide bonds. The maximum Gasteiger partial charge on any atom is 0.250 e. The Balaban J connectivity index is 1.43. The fourth-order valence-corrected chi connectivity index (χ4v) is 3.54. The molecular formula is C21H18ClFN2O. The number of halogens is 2. The van der Waals surface area contributed by atoms with Crippen LogP contribution in [0.25, 0.3) is 17.5 Å². The van der Waals surface area contributed by atoms with Crippen LogP contribution in [-0.4, -0.2) is 10.1 Å². The highest BCUT2D eigenvalue weighted by Crippen LogP contribution is 2.36. The first-order chi connectivity index (χ1) is 12.7. The van der Waals surface area contributed by atoms with Crippen LogP contribution in [0.5, 0.6) is 0 Å². The Kier molecular flexibility index (Phi) is 4.85. The van der Waals surface area contributed by atoms with Crippen molar-refractivity contribution in [1.29, 1.82) is 0 Å². The van der Waals surface area contributed by atoms with Crippen LogP contribution in [0, 0.1) is 5.82 Å². The van der Waals surface area contributed by atoms with Gasteiger partial charge in [0, 0.05) is 16.7 Å². The number of allylic oxidation sites excluding steroid dienone is 1. The monoisotopic (exact) mass is 368 g/mol. The number of hydrogen-bond donors (Lipinski definition) is 0. The van der Waals surface area contributed by atoms with E-state index < -0.39 is 0 Å². The fourth-order valence-electron chi connectivity index (χ4n) is 3.41. The molecule has 2 aromatic carbocycles. The van der Waals surface area contributed by atoms with Crippen molar-refractivity contribution in [3.63, 3.8) is 0 Å². The van der Waals surface area contributed by atoms with E-state index in [4.69, 9.17) is 16.1 Å². The molecule has 0 unspecified atom stereocenters. The van der Waals surface area contributed by atoms with Gasteiger partial charge in [0.05, 0.1) is 0 Å². The first kappa shape index (κ1) is 17.0.